The number of hydrogen-bond donors (Lipinski definition) is 0. The summed E-state index contributed by atoms with van der Waals surface area (Å²) in [6.07, 6.45) is 0. The van der Waals surface area contributed by atoms with Crippen molar-refractivity contribution in [1.29, 1.82) is 0 Å². The summed E-state index contributed by atoms with van der Waals surface area (Å²) in [4.78, 5) is 19.0. The zero-order chi connectivity index (χ0) is 15.2. The minimum atomic E-state index is 0.122. The Morgan fingerprint density at radius 3 is 2.62 bits per heavy atom. The molecule has 1 aromatic carbocycles. The smallest absolute Gasteiger partial charge is 0.177 e. The van der Waals surface area contributed by atoms with Crippen LogP contribution in [0.15, 0.2) is 46.9 Å². The molecule has 2 aromatic rings. The molecule has 2 rings (SSSR count). The topological polar surface area (TPSA) is 33.2 Å². The molecule has 0 N–H and O–H groups in total. The number of carbonyl (C=O) groups excluding carboxylic acids is 1. The molecule has 0 fully saturated rings. The minimum absolute atomic E-state index is 0.122. The molecule has 21 heavy (non-hydrogen) atoms. The third-order valence-corrected chi connectivity index (χ3v) is 4.01. The van der Waals surface area contributed by atoms with E-state index in [1.165, 1.54) is 0 Å². The Balaban J connectivity index is 2.06. The number of pyridine rings is 1. The molecule has 0 spiro atoms. The van der Waals surface area contributed by atoms with Crippen LogP contribution in [0.25, 0.3) is 0 Å². The average molecular weight is 347 g/mol. The van der Waals surface area contributed by atoms with Crippen LogP contribution < -0.4 is 0 Å². The van der Waals surface area contributed by atoms with Crippen molar-refractivity contribution in [1.82, 2.24) is 9.88 Å². The van der Waals surface area contributed by atoms with E-state index in [0.29, 0.717) is 13.1 Å². The van der Waals surface area contributed by atoms with Crippen molar-refractivity contribution in [2.24, 2.45) is 0 Å². The lowest BCUT2D eigenvalue weighted by atomic mass is 10.1. The van der Waals surface area contributed by atoms with Crippen molar-refractivity contribution >= 4 is 21.7 Å². The Bertz CT molecular complexity index is 628. The lowest BCUT2D eigenvalue weighted by Crippen LogP contribution is -2.30. The van der Waals surface area contributed by atoms with Gasteiger partial charge >= 0.3 is 0 Å². The van der Waals surface area contributed by atoms with Gasteiger partial charge in [0, 0.05) is 22.3 Å². The van der Waals surface area contributed by atoms with E-state index >= 15 is 0 Å². The first kappa shape index (κ1) is 15.9. The van der Waals surface area contributed by atoms with Gasteiger partial charge in [-0.15, -0.1) is 0 Å². The van der Waals surface area contributed by atoms with Crippen LogP contribution in [0.3, 0.4) is 0 Å². The van der Waals surface area contributed by atoms with Gasteiger partial charge in [0.25, 0.3) is 0 Å². The number of Topliss-reactive ketones (excluding diaryl/α,β-unsaturated/α-hetero) is 1. The molecule has 0 radical (unpaired) electrons. The summed E-state index contributed by atoms with van der Waals surface area (Å²) in [5.74, 6) is 0.122. The summed E-state index contributed by atoms with van der Waals surface area (Å²) < 4.78 is 0.847. The number of carbonyl (C=O) groups is 1. The molecule has 0 aliphatic heterocycles. The van der Waals surface area contributed by atoms with Crippen LogP contribution in [0, 0.1) is 6.92 Å². The number of aryl methyl sites for hydroxylation is 1. The van der Waals surface area contributed by atoms with Crippen LogP contribution in [-0.4, -0.2) is 28.8 Å². The van der Waals surface area contributed by atoms with E-state index in [9.17, 15) is 4.79 Å². The molecule has 3 nitrogen and oxygen atoms in total. The highest BCUT2D eigenvalue weighted by molar-refractivity contribution is 9.10. The number of nitrogens with zero attached hydrogens (tertiary/aromatic N) is 2. The van der Waals surface area contributed by atoms with Gasteiger partial charge in [0.2, 0.25) is 0 Å². The number of likely N-dealkylation sites (N-methyl/N-ethyl adjacent to an activating group) is 1. The lowest BCUT2D eigenvalue weighted by molar-refractivity contribution is 0.0928. The molecule has 0 aliphatic carbocycles. The summed E-state index contributed by atoms with van der Waals surface area (Å²) in [5, 5.41) is 0. The Kier molecular flexibility index (Phi) is 5.65. The van der Waals surface area contributed by atoms with Crippen LogP contribution in [0.1, 0.15) is 28.7 Å². The highest BCUT2D eigenvalue weighted by Gasteiger charge is 2.14. The van der Waals surface area contributed by atoms with Crippen molar-refractivity contribution in [3.63, 3.8) is 0 Å². The molecule has 0 aliphatic rings. The van der Waals surface area contributed by atoms with Crippen LogP contribution in [0.2, 0.25) is 0 Å². The van der Waals surface area contributed by atoms with Gasteiger partial charge in [0.05, 0.1) is 12.2 Å². The Hall–Kier alpha value is -1.52. The van der Waals surface area contributed by atoms with Gasteiger partial charge in [-0.25, -0.2) is 0 Å². The number of hydrogen-bond acceptors (Lipinski definition) is 3. The highest BCUT2D eigenvalue weighted by Crippen LogP contribution is 2.17. The number of benzene rings is 1. The van der Waals surface area contributed by atoms with Crippen LogP contribution in [0.5, 0.6) is 0 Å². The molecule has 0 bridgehead atoms. The van der Waals surface area contributed by atoms with E-state index in [4.69, 9.17) is 0 Å². The quantitative estimate of drug-likeness (QED) is 0.744. The van der Waals surface area contributed by atoms with Gasteiger partial charge in [0.15, 0.2) is 5.78 Å². The second-order valence-electron chi connectivity index (χ2n) is 4.98. The van der Waals surface area contributed by atoms with Gasteiger partial charge in [-0.2, -0.15) is 0 Å². The largest absolute Gasteiger partial charge is 0.293 e. The maximum absolute atomic E-state index is 12.4. The molecule has 110 valence electrons. The maximum Gasteiger partial charge on any atom is 0.177 e. The molecule has 0 atom stereocenters. The van der Waals surface area contributed by atoms with Gasteiger partial charge in [0.1, 0.15) is 0 Å². The Labute approximate surface area is 134 Å². The predicted octanol–water partition coefficient (Wildman–Crippen LogP) is 3.86. The minimum Gasteiger partial charge on any atom is -0.293 e. The van der Waals surface area contributed by atoms with Gasteiger partial charge in [-0.05, 0) is 31.7 Å². The lowest BCUT2D eigenvalue weighted by Gasteiger charge is -2.19. The summed E-state index contributed by atoms with van der Waals surface area (Å²) in [6, 6.07) is 13.5. The normalized spacial score (nSPS) is 10.9. The first-order chi connectivity index (χ1) is 10.1. The number of aromatic nitrogens is 1. The molecular formula is C17H19BrN2O. The van der Waals surface area contributed by atoms with E-state index < -0.39 is 0 Å². The summed E-state index contributed by atoms with van der Waals surface area (Å²) in [7, 11) is 0. The first-order valence-corrected chi connectivity index (χ1v) is 7.82. The van der Waals surface area contributed by atoms with Crippen LogP contribution in [-0.2, 0) is 6.54 Å². The number of ketones is 1. The predicted molar refractivity (Wildman–Crippen MR) is 88.4 cm³/mol. The third kappa shape index (κ3) is 4.48. The average Bonchev–Trinajstić information content (AvgIpc) is 2.47. The second kappa shape index (κ2) is 7.48. The van der Waals surface area contributed by atoms with Crippen molar-refractivity contribution in [2.45, 2.75) is 20.4 Å². The second-order valence-corrected chi connectivity index (χ2v) is 5.83. The molecule has 0 unspecified atom stereocenters. The molecule has 4 heteroatoms. The van der Waals surface area contributed by atoms with Crippen molar-refractivity contribution in [2.75, 3.05) is 13.1 Å². The van der Waals surface area contributed by atoms with Gasteiger partial charge in [-0.3, -0.25) is 14.7 Å². The fourth-order valence-electron chi connectivity index (χ4n) is 2.17. The molecule has 0 saturated heterocycles. The summed E-state index contributed by atoms with van der Waals surface area (Å²) in [5.41, 5.74) is 2.73. The summed E-state index contributed by atoms with van der Waals surface area (Å²) in [6.45, 7) is 5.93. The standard InChI is InChI=1S/C17H19BrN2O/c1-3-20(11-14-8-6-7-13(2)19-14)12-17(21)15-9-4-5-10-16(15)18/h4-10H,3,11-12H2,1-2H3. The third-order valence-electron chi connectivity index (χ3n) is 3.32. The van der Waals surface area contributed by atoms with Crippen LogP contribution in [0.4, 0.5) is 0 Å². The molecular weight excluding hydrogens is 328 g/mol. The van der Waals surface area contributed by atoms with Crippen LogP contribution >= 0.6 is 15.9 Å². The zero-order valence-electron chi connectivity index (χ0n) is 12.3. The van der Waals surface area contributed by atoms with Gasteiger partial charge < -0.3 is 0 Å². The van der Waals surface area contributed by atoms with Crippen molar-refractivity contribution < 1.29 is 4.79 Å². The highest BCUT2D eigenvalue weighted by atomic mass is 79.9. The zero-order valence-corrected chi connectivity index (χ0v) is 13.9. The van der Waals surface area contributed by atoms with Crippen molar-refractivity contribution in [3.8, 4) is 0 Å². The number of rotatable bonds is 6. The number of halogens is 1. The Morgan fingerprint density at radius 2 is 1.95 bits per heavy atom. The van der Waals surface area contributed by atoms with E-state index in [2.05, 4.69) is 32.7 Å². The monoisotopic (exact) mass is 346 g/mol. The van der Waals surface area contributed by atoms with Crippen molar-refractivity contribution in [3.05, 3.63) is 63.9 Å². The van der Waals surface area contributed by atoms with Gasteiger partial charge in [-0.1, -0.05) is 47.1 Å². The fraction of sp³-hybridized carbons (Fsp3) is 0.294. The SMILES string of the molecule is CCN(CC(=O)c1ccccc1Br)Cc1cccc(C)n1. The molecule has 1 aromatic heterocycles. The van der Waals surface area contributed by atoms with E-state index in [1.54, 1.807) is 0 Å². The molecule has 0 amide bonds. The maximum atomic E-state index is 12.4. The van der Waals surface area contributed by atoms with E-state index in [1.807, 2.05) is 49.4 Å². The van der Waals surface area contributed by atoms with E-state index in [-0.39, 0.29) is 5.78 Å². The van der Waals surface area contributed by atoms with E-state index in [0.717, 1.165) is 28.0 Å². The molecule has 0 saturated carbocycles. The molecule has 1 heterocycles. The fourth-order valence-corrected chi connectivity index (χ4v) is 2.68. The summed E-state index contributed by atoms with van der Waals surface area (Å²) >= 11 is 3.43. The Morgan fingerprint density at radius 1 is 1.19 bits per heavy atom. The first-order valence-electron chi connectivity index (χ1n) is 7.02.